The summed E-state index contributed by atoms with van der Waals surface area (Å²) in [6.45, 7) is 5.25. The van der Waals surface area contributed by atoms with Crippen LogP contribution >= 0.6 is 0 Å². The van der Waals surface area contributed by atoms with Gasteiger partial charge in [0.25, 0.3) is 11.8 Å². The molecule has 1 aliphatic rings. The fourth-order valence-electron chi connectivity index (χ4n) is 5.24. The van der Waals surface area contributed by atoms with Crippen molar-refractivity contribution in [1.29, 1.82) is 0 Å². The van der Waals surface area contributed by atoms with E-state index in [1.165, 1.54) is 6.20 Å². The lowest BCUT2D eigenvalue weighted by molar-refractivity contribution is -0.137. The van der Waals surface area contributed by atoms with Crippen molar-refractivity contribution in [1.82, 2.24) is 24.5 Å². The quantitative estimate of drug-likeness (QED) is 0.243. The van der Waals surface area contributed by atoms with Crippen molar-refractivity contribution in [3.8, 4) is 11.6 Å². The third kappa shape index (κ3) is 6.68. The number of aromatic nitrogens is 3. The molecule has 5 aromatic rings. The van der Waals surface area contributed by atoms with Crippen molar-refractivity contribution in [3.05, 3.63) is 101 Å². The second-order valence-electron chi connectivity index (χ2n) is 10.8. The van der Waals surface area contributed by atoms with E-state index in [0.29, 0.717) is 36.8 Å². The van der Waals surface area contributed by atoms with Crippen molar-refractivity contribution in [2.75, 3.05) is 31.5 Å². The molecular formula is C32H29F3N6O4. The summed E-state index contributed by atoms with van der Waals surface area (Å²) in [6.07, 6.45) is -3.09. The van der Waals surface area contributed by atoms with Gasteiger partial charge >= 0.3 is 6.18 Å². The number of carbonyl (C=O) groups is 2. The van der Waals surface area contributed by atoms with E-state index in [-0.39, 0.29) is 17.4 Å². The Morgan fingerprint density at radius 1 is 0.978 bits per heavy atom. The molecule has 2 amide bonds. The number of hydrogen-bond acceptors (Lipinski definition) is 7. The fraction of sp³-hybridized carbons (Fsp3) is 0.250. The van der Waals surface area contributed by atoms with E-state index in [1.54, 1.807) is 18.2 Å². The summed E-state index contributed by atoms with van der Waals surface area (Å²) in [5.41, 5.74) is 1.94. The number of ether oxygens (including phenoxy) is 1. The molecule has 0 saturated carbocycles. The highest BCUT2D eigenvalue weighted by Gasteiger charge is 2.30. The van der Waals surface area contributed by atoms with Crippen LogP contribution in [0.25, 0.3) is 10.9 Å². The third-order valence-corrected chi connectivity index (χ3v) is 7.65. The highest BCUT2D eigenvalue weighted by Crippen LogP contribution is 2.30. The molecular weight excluding hydrogens is 589 g/mol. The molecule has 3 aromatic heterocycles. The van der Waals surface area contributed by atoms with Gasteiger partial charge in [0, 0.05) is 68.4 Å². The smallest absolute Gasteiger partial charge is 0.416 e. The summed E-state index contributed by atoms with van der Waals surface area (Å²) in [5.74, 6) is 0.955. The molecule has 1 fully saturated rings. The van der Waals surface area contributed by atoms with E-state index in [4.69, 9.17) is 9.26 Å². The minimum Gasteiger partial charge on any atom is -0.439 e. The van der Waals surface area contributed by atoms with Crippen LogP contribution in [0.3, 0.4) is 0 Å². The number of nitrogens with zero attached hydrogens (tertiary/aromatic N) is 5. The van der Waals surface area contributed by atoms with Crippen LogP contribution in [0.1, 0.15) is 37.9 Å². The number of alkyl halides is 3. The molecule has 13 heteroatoms. The van der Waals surface area contributed by atoms with Crippen LogP contribution in [0.4, 0.5) is 18.9 Å². The first-order valence-corrected chi connectivity index (χ1v) is 14.2. The van der Waals surface area contributed by atoms with Crippen LogP contribution in [-0.4, -0.2) is 62.5 Å². The highest BCUT2D eigenvalue weighted by atomic mass is 19.4. The summed E-state index contributed by atoms with van der Waals surface area (Å²) in [4.78, 5) is 34.2. The van der Waals surface area contributed by atoms with E-state index in [0.717, 1.165) is 59.7 Å². The number of hydrogen-bond donors (Lipinski definition) is 1. The Morgan fingerprint density at radius 3 is 2.38 bits per heavy atom. The second kappa shape index (κ2) is 12.1. The zero-order valence-corrected chi connectivity index (χ0v) is 24.5. The van der Waals surface area contributed by atoms with Gasteiger partial charge in [-0.2, -0.15) is 13.2 Å². The zero-order valence-electron chi connectivity index (χ0n) is 24.5. The summed E-state index contributed by atoms with van der Waals surface area (Å²) in [6, 6.07) is 16.3. The molecule has 0 aliphatic carbocycles. The van der Waals surface area contributed by atoms with Gasteiger partial charge in [0.2, 0.25) is 5.88 Å². The standard InChI is InChI=1S/C32H29F3N6O4/c1-20-15-25(38-45-20)19-40-11-13-41(14-12-40)31(43)28-17-22-16-26(8-9-27(22)39(28)2)44-29-10-7-24(18-36-29)37-30(42)21-3-5-23(6-4-21)32(33,34)35/h3-10,15-18H,11-14,19H2,1-2H3,(H,37,42). The molecule has 6 rings (SSSR count). The Balaban J connectivity index is 1.06. The lowest BCUT2D eigenvalue weighted by Crippen LogP contribution is -2.48. The lowest BCUT2D eigenvalue weighted by Gasteiger charge is -2.34. The Morgan fingerprint density at radius 2 is 1.73 bits per heavy atom. The van der Waals surface area contributed by atoms with E-state index in [2.05, 4.69) is 20.4 Å². The van der Waals surface area contributed by atoms with Gasteiger partial charge in [-0.3, -0.25) is 14.5 Å². The Labute approximate surface area is 256 Å². The molecule has 0 bridgehead atoms. The van der Waals surface area contributed by atoms with Crippen LogP contribution in [-0.2, 0) is 19.8 Å². The molecule has 0 atom stereocenters. The number of piperazine rings is 1. The van der Waals surface area contributed by atoms with Crippen molar-refractivity contribution in [2.45, 2.75) is 19.6 Å². The minimum atomic E-state index is -4.48. The zero-order chi connectivity index (χ0) is 31.7. The maximum Gasteiger partial charge on any atom is 0.416 e. The van der Waals surface area contributed by atoms with Crippen LogP contribution in [0, 0.1) is 6.92 Å². The van der Waals surface area contributed by atoms with Crippen molar-refractivity contribution in [2.24, 2.45) is 7.05 Å². The van der Waals surface area contributed by atoms with Crippen LogP contribution < -0.4 is 10.1 Å². The number of carbonyl (C=O) groups excluding carboxylic acids is 2. The number of anilines is 1. The molecule has 0 spiro atoms. The number of halogens is 3. The number of amides is 2. The van der Waals surface area contributed by atoms with Gasteiger partial charge in [-0.1, -0.05) is 5.16 Å². The van der Waals surface area contributed by atoms with Crippen molar-refractivity contribution < 1.29 is 32.0 Å². The van der Waals surface area contributed by atoms with Gasteiger partial charge in [-0.25, -0.2) is 4.98 Å². The third-order valence-electron chi connectivity index (χ3n) is 7.65. The van der Waals surface area contributed by atoms with Gasteiger partial charge in [-0.15, -0.1) is 0 Å². The Hall–Kier alpha value is -5.17. The molecule has 1 aliphatic heterocycles. The first kappa shape index (κ1) is 29.9. The van der Waals surface area contributed by atoms with Gasteiger partial charge in [0.05, 0.1) is 23.1 Å². The van der Waals surface area contributed by atoms with E-state index < -0.39 is 17.6 Å². The maximum atomic E-state index is 13.4. The van der Waals surface area contributed by atoms with Gasteiger partial charge in [-0.05, 0) is 61.5 Å². The SMILES string of the molecule is Cc1cc(CN2CCN(C(=O)c3cc4cc(Oc5ccc(NC(=O)c6ccc(C(F)(F)F)cc6)cn5)ccc4n3C)CC2)no1. The van der Waals surface area contributed by atoms with Crippen LogP contribution in [0.2, 0.25) is 0 Å². The van der Waals surface area contributed by atoms with Gasteiger partial charge < -0.3 is 24.0 Å². The Kier molecular flexibility index (Phi) is 8.02. The molecule has 1 saturated heterocycles. The predicted molar refractivity (Wildman–Crippen MR) is 159 cm³/mol. The average Bonchev–Trinajstić information content (AvgIpc) is 3.59. The minimum absolute atomic E-state index is 0.0382. The summed E-state index contributed by atoms with van der Waals surface area (Å²) in [7, 11) is 1.86. The second-order valence-corrected chi connectivity index (χ2v) is 10.8. The Bertz CT molecular complexity index is 1840. The number of aryl methyl sites for hydroxylation is 2. The first-order chi connectivity index (χ1) is 21.5. The molecule has 232 valence electrons. The fourth-order valence-corrected chi connectivity index (χ4v) is 5.24. The summed E-state index contributed by atoms with van der Waals surface area (Å²) >= 11 is 0. The molecule has 0 unspecified atom stereocenters. The lowest BCUT2D eigenvalue weighted by atomic mass is 10.1. The normalized spacial score (nSPS) is 14.1. The molecule has 45 heavy (non-hydrogen) atoms. The highest BCUT2D eigenvalue weighted by molar-refractivity contribution is 6.04. The largest absolute Gasteiger partial charge is 0.439 e. The summed E-state index contributed by atoms with van der Waals surface area (Å²) in [5, 5.41) is 7.50. The molecule has 0 radical (unpaired) electrons. The van der Waals surface area contributed by atoms with Crippen molar-refractivity contribution in [3.63, 3.8) is 0 Å². The van der Waals surface area contributed by atoms with Crippen LogP contribution in [0.5, 0.6) is 11.6 Å². The van der Waals surface area contributed by atoms with Gasteiger partial charge in [0.15, 0.2) is 0 Å². The van der Waals surface area contributed by atoms with Crippen LogP contribution in [0.15, 0.2) is 77.4 Å². The van der Waals surface area contributed by atoms with Crippen molar-refractivity contribution >= 4 is 28.4 Å². The predicted octanol–water partition coefficient (Wildman–Crippen LogP) is 5.89. The van der Waals surface area contributed by atoms with E-state index in [1.807, 2.05) is 47.7 Å². The number of pyridine rings is 1. The number of nitrogens with one attached hydrogen (secondary N) is 1. The topological polar surface area (TPSA) is 106 Å². The summed E-state index contributed by atoms with van der Waals surface area (Å²) < 4.78 is 51.3. The number of fused-ring (bicyclic) bond motifs is 1. The van der Waals surface area contributed by atoms with E-state index >= 15 is 0 Å². The monoisotopic (exact) mass is 618 g/mol. The molecule has 1 N–H and O–H groups in total. The molecule has 2 aromatic carbocycles. The first-order valence-electron chi connectivity index (χ1n) is 14.2. The molecule has 10 nitrogen and oxygen atoms in total. The molecule has 4 heterocycles. The maximum absolute atomic E-state index is 13.4. The van der Waals surface area contributed by atoms with Gasteiger partial charge in [0.1, 0.15) is 17.2 Å². The van der Waals surface area contributed by atoms with E-state index in [9.17, 15) is 22.8 Å². The number of benzene rings is 2. The average molecular weight is 619 g/mol. The number of rotatable bonds is 7.